The smallest absolute Gasteiger partial charge is 0.241 e. The van der Waals surface area contributed by atoms with Crippen LogP contribution < -0.4 is 14.4 Å². The minimum atomic E-state index is -3.81. The molecule has 2 aromatic rings. The van der Waals surface area contributed by atoms with E-state index < -0.39 is 16.1 Å². The predicted octanol–water partition coefficient (Wildman–Crippen LogP) is 2.75. The number of nitrogens with zero attached hydrogens (tertiary/aromatic N) is 2. The van der Waals surface area contributed by atoms with Crippen molar-refractivity contribution < 1.29 is 17.9 Å². The summed E-state index contributed by atoms with van der Waals surface area (Å²) < 4.78 is 33.2. The van der Waals surface area contributed by atoms with E-state index in [1.54, 1.807) is 11.8 Å². The molecule has 0 radical (unpaired) electrons. The highest BCUT2D eigenvalue weighted by Gasteiger charge is 2.29. The van der Waals surface area contributed by atoms with Crippen LogP contribution in [0.4, 0.5) is 5.69 Å². The largest absolute Gasteiger partial charge is 0.492 e. The fourth-order valence-corrected chi connectivity index (χ4v) is 4.73. The van der Waals surface area contributed by atoms with Gasteiger partial charge in [0, 0.05) is 31.2 Å². The van der Waals surface area contributed by atoms with Crippen molar-refractivity contribution in [3.8, 4) is 5.75 Å². The first kappa shape index (κ1) is 22.4. The number of halogens is 1. The molecule has 1 amide bonds. The van der Waals surface area contributed by atoms with Gasteiger partial charge in [0.1, 0.15) is 5.75 Å². The summed E-state index contributed by atoms with van der Waals surface area (Å²) in [6.45, 7) is 6.39. The van der Waals surface area contributed by atoms with Crippen molar-refractivity contribution >= 4 is 33.2 Å². The van der Waals surface area contributed by atoms with Gasteiger partial charge in [-0.15, -0.1) is 0 Å². The van der Waals surface area contributed by atoms with Gasteiger partial charge in [0.2, 0.25) is 15.9 Å². The summed E-state index contributed by atoms with van der Waals surface area (Å²) in [5.41, 5.74) is 1.00. The van der Waals surface area contributed by atoms with Gasteiger partial charge in [-0.3, -0.25) is 4.79 Å². The van der Waals surface area contributed by atoms with Gasteiger partial charge < -0.3 is 14.5 Å². The van der Waals surface area contributed by atoms with E-state index in [1.165, 1.54) is 24.3 Å². The van der Waals surface area contributed by atoms with Crippen molar-refractivity contribution in [1.29, 1.82) is 0 Å². The number of carbonyl (C=O) groups is 1. The summed E-state index contributed by atoms with van der Waals surface area (Å²) >= 11 is 5.81. The van der Waals surface area contributed by atoms with Crippen LogP contribution in [-0.4, -0.2) is 58.1 Å². The average Bonchev–Trinajstić information content (AvgIpc) is 2.74. The zero-order valence-electron chi connectivity index (χ0n) is 17.0. The third-order valence-electron chi connectivity index (χ3n) is 4.92. The summed E-state index contributed by atoms with van der Waals surface area (Å²) in [6, 6.07) is 12.8. The Morgan fingerprint density at radius 3 is 2.37 bits per heavy atom. The highest BCUT2D eigenvalue weighted by molar-refractivity contribution is 7.89. The quantitative estimate of drug-likeness (QED) is 0.700. The Hall–Kier alpha value is -2.29. The molecule has 1 atom stereocenters. The Kier molecular flexibility index (Phi) is 7.23. The fraction of sp³-hybridized carbons (Fsp3) is 0.381. The normalized spacial score (nSPS) is 15.7. The van der Waals surface area contributed by atoms with Crippen molar-refractivity contribution in [2.75, 3.05) is 37.7 Å². The number of hydrogen-bond donors (Lipinski definition) is 1. The van der Waals surface area contributed by atoms with Crippen molar-refractivity contribution in [3.63, 3.8) is 0 Å². The van der Waals surface area contributed by atoms with Gasteiger partial charge in [0.05, 0.1) is 23.2 Å². The van der Waals surface area contributed by atoms with Crippen LogP contribution in [0, 0.1) is 0 Å². The molecule has 1 fully saturated rings. The van der Waals surface area contributed by atoms with E-state index in [2.05, 4.69) is 9.62 Å². The maximum absolute atomic E-state index is 12.8. The molecule has 162 valence electrons. The number of para-hydroxylation sites is 2. The number of ether oxygens (including phenoxy) is 1. The Morgan fingerprint density at radius 2 is 1.73 bits per heavy atom. The number of benzene rings is 2. The van der Waals surface area contributed by atoms with Gasteiger partial charge in [0.25, 0.3) is 0 Å². The highest BCUT2D eigenvalue weighted by Crippen LogP contribution is 2.28. The van der Waals surface area contributed by atoms with Crippen LogP contribution in [0.5, 0.6) is 5.75 Å². The molecule has 0 aromatic heterocycles. The zero-order valence-corrected chi connectivity index (χ0v) is 18.6. The van der Waals surface area contributed by atoms with Gasteiger partial charge in [-0.1, -0.05) is 23.7 Å². The third-order valence-corrected chi connectivity index (χ3v) is 6.73. The zero-order chi connectivity index (χ0) is 21.7. The van der Waals surface area contributed by atoms with Crippen molar-refractivity contribution in [3.05, 3.63) is 53.6 Å². The van der Waals surface area contributed by atoms with Crippen LogP contribution in [0.15, 0.2) is 53.4 Å². The molecule has 1 heterocycles. The van der Waals surface area contributed by atoms with Gasteiger partial charge in [-0.05, 0) is 50.2 Å². The Labute approximate surface area is 182 Å². The summed E-state index contributed by atoms with van der Waals surface area (Å²) in [6.07, 6.45) is 0. The van der Waals surface area contributed by atoms with Crippen LogP contribution in [0.25, 0.3) is 0 Å². The van der Waals surface area contributed by atoms with Gasteiger partial charge in [-0.25, -0.2) is 8.42 Å². The summed E-state index contributed by atoms with van der Waals surface area (Å²) in [5.74, 6) is 0.578. The van der Waals surface area contributed by atoms with Crippen LogP contribution >= 0.6 is 11.6 Å². The van der Waals surface area contributed by atoms with Crippen LogP contribution in [0.3, 0.4) is 0 Å². The highest BCUT2D eigenvalue weighted by atomic mass is 35.5. The van der Waals surface area contributed by atoms with Gasteiger partial charge >= 0.3 is 0 Å². The van der Waals surface area contributed by atoms with Crippen LogP contribution in [0.1, 0.15) is 13.8 Å². The molecule has 1 N–H and O–H groups in total. The molecule has 1 unspecified atom stereocenters. The van der Waals surface area contributed by atoms with Crippen molar-refractivity contribution in [2.45, 2.75) is 24.8 Å². The van der Waals surface area contributed by atoms with Gasteiger partial charge in [-0.2, -0.15) is 4.72 Å². The molecule has 0 aliphatic carbocycles. The molecule has 1 aliphatic rings. The Bertz CT molecular complexity index is 974. The van der Waals surface area contributed by atoms with Crippen LogP contribution in [0.2, 0.25) is 5.02 Å². The fourth-order valence-electron chi connectivity index (χ4n) is 3.40. The maximum atomic E-state index is 12.8. The second kappa shape index (κ2) is 9.68. The Balaban J connectivity index is 1.60. The first-order valence-corrected chi connectivity index (χ1v) is 11.7. The predicted molar refractivity (Wildman–Crippen MR) is 118 cm³/mol. The standard InChI is InChI=1S/C21H26ClN3O4S/c1-3-29-20-7-5-4-6-19(20)24-12-14-25(15-13-24)21(26)16(2)23-30(27,28)18-10-8-17(22)9-11-18/h4-11,16,23H,3,12-15H2,1-2H3. The summed E-state index contributed by atoms with van der Waals surface area (Å²) in [4.78, 5) is 16.7. The second-order valence-corrected chi connectivity index (χ2v) is 9.16. The number of amides is 1. The Morgan fingerprint density at radius 1 is 1.10 bits per heavy atom. The van der Waals surface area contributed by atoms with Crippen molar-refractivity contribution in [2.24, 2.45) is 0 Å². The number of hydrogen-bond acceptors (Lipinski definition) is 5. The molecule has 9 heteroatoms. The van der Waals surface area contributed by atoms with E-state index in [0.717, 1.165) is 11.4 Å². The number of nitrogens with one attached hydrogen (secondary N) is 1. The third kappa shape index (κ3) is 5.24. The first-order valence-electron chi connectivity index (χ1n) is 9.85. The molecular formula is C21H26ClN3O4S. The SMILES string of the molecule is CCOc1ccccc1N1CCN(C(=O)C(C)NS(=O)(=O)c2ccc(Cl)cc2)CC1. The molecule has 0 saturated carbocycles. The molecule has 0 bridgehead atoms. The van der Waals surface area contributed by atoms with Gasteiger partial charge in [0.15, 0.2) is 0 Å². The molecule has 1 saturated heterocycles. The lowest BCUT2D eigenvalue weighted by Crippen LogP contribution is -2.54. The molecular weight excluding hydrogens is 426 g/mol. The first-order chi connectivity index (χ1) is 14.3. The van der Waals surface area contributed by atoms with E-state index >= 15 is 0 Å². The number of anilines is 1. The summed E-state index contributed by atoms with van der Waals surface area (Å²) in [7, 11) is -3.81. The summed E-state index contributed by atoms with van der Waals surface area (Å²) in [5, 5.41) is 0.446. The lowest BCUT2D eigenvalue weighted by Gasteiger charge is -2.37. The number of sulfonamides is 1. The average molecular weight is 452 g/mol. The molecule has 2 aromatic carbocycles. The topological polar surface area (TPSA) is 79.0 Å². The van der Waals surface area contributed by atoms with E-state index in [0.29, 0.717) is 37.8 Å². The number of rotatable bonds is 7. The van der Waals surface area contributed by atoms with E-state index in [9.17, 15) is 13.2 Å². The molecule has 1 aliphatic heterocycles. The lowest BCUT2D eigenvalue weighted by atomic mass is 10.2. The maximum Gasteiger partial charge on any atom is 0.241 e. The number of piperazine rings is 1. The van der Waals surface area contributed by atoms with E-state index in [-0.39, 0.29) is 10.8 Å². The molecule has 3 rings (SSSR count). The minimum absolute atomic E-state index is 0.0731. The molecule has 30 heavy (non-hydrogen) atoms. The molecule has 0 spiro atoms. The second-order valence-electron chi connectivity index (χ2n) is 7.01. The monoisotopic (exact) mass is 451 g/mol. The van der Waals surface area contributed by atoms with Crippen molar-refractivity contribution in [1.82, 2.24) is 9.62 Å². The van der Waals surface area contributed by atoms with E-state index in [1.807, 2.05) is 31.2 Å². The molecule has 7 nitrogen and oxygen atoms in total. The number of carbonyl (C=O) groups excluding carboxylic acids is 1. The lowest BCUT2D eigenvalue weighted by molar-refractivity contribution is -0.132. The van der Waals surface area contributed by atoms with Crippen LogP contribution in [-0.2, 0) is 14.8 Å². The van der Waals surface area contributed by atoms with E-state index in [4.69, 9.17) is 16.3 Å². The minimum Gasteiger partial charge on any atom is -0.492 e.